The molecule has 0 radical (unpaired) electrons. The van der Waals surface area contributed by atoms with E-state index in [2.05, 4.69) is 0 Å². The summed E-state index contributed by atoms with van der Waals surface area (Å²) in [4.78, 5) is 25.7. The van der Waals surface area contributed by atoms with Crippen LogP contribution in [-0.4, -0.2) is 54.4 Å². The van der Waals surface area contributed by atoms with Crippen molar-refractivity contribution in [2.45, 2.75) is 19.3 Å². The van der Waals surface area contributed by atoms with Crippen LogP contribution in [0, 0.1) is 0 Å². The molecule has 0 fully saturated rings. The molecule has 0 N–H and O–H groups in total. The summed E-state index contributed by atoms with van der Waals surface area (Å²) in [6.07, 6.45) is 0. The molecule has 0 atom stereocenters. The molecular weight excluding hydrogens is 468 g/mol. The lowest BCUT2D eigenvalue weighted by Crippen LogP contribution is -2.43. The average molecular weight is 497 g/mol. The minimum Gasteiger partial charge on any atom is -0.496 e. The van der Waals surface area contributed by atoms with Crippen molar-refractivity contribution in [1.82, 2.24) is 0 Å². The summed E-state index contributed by atoms with van der Waals surface area (Å²) in [5, 5.41) is 1.25. The fourth-order valence-electron chi connectivity index (χ4n) is 4.88. The standard InChI is InChI=1S/C27H28O9/c1-14(28)36-13-15-11-17-21(19(12-15)31-3)22-23(26(29)27(17,34-6)35-7)25(33-5)20-16(24(22)32-4)9-8-10-18(20)30-2/h8-12H,13H2,1-7H3. The summed E-state index contributed by atoms with van der Waals surface area (Å²) in [7, 11) is 8.83. The number of benzene rings is 3. The van der Waals surface area contributed by atoms with Crippen molar-refractivity contribution in [1.29, 1.82) is 0 Å². The number of ketones is 1. The minimum atomic E-state index is -1.84. The van der Waals surface area contributed by atoms with Gasteiger partial charge in [-0.05, 0) is 23.8 Å². The molecule has 0 spiro atoms. The zero-order chi connectivity index (χ0) is 26.2. The van der Waals surface area contributed by atoms with Crippen molar-refractivity contribution in [3.05, 3.63) is 47.0 Å². The molecule has 1 aliphatic carbocycles. The Kier molecular flexibility index (Phi) is 6.79. The Morgan fingerprint density at radius 1 is 0.806 bits per heavy atom. The number of rotatable bonds is 8. The van der Waals surface area contributed by atoms with Gasteiger partial charge in [0.1, 0.15) is 29.6 Å². The van der Waals surface area contributed by atoms with Crippen LogP contribution in [-0.2, 0) is 31.4 Å². The van der Waals surface area contributed by atoms with Gasteiger partial charge >= 0.3 is 5.97 Å². The largest absolute Gasteiger partial charge is 0.496 e. The predicted molar refractivity (Wildman–Crippen MR) is 131 cm³/mol. The van der Waals surface area contributed by atoms with E-state index < -0.39 is 17.5 Å². The van der Waals surface area contributed by atoms with Crippen molar-refractivity contribution in [2.75, 3.05) is 42.7 Å². The summed E-state index contributed by atoms with van der Waals surface area (Å²) in [5.41, 5.74) is 2.17. The molecule has 0 aliphatic heterocycles. The molecule has 0 unspecified atom stereocenters. The lowest BCUT2D eigenvalue weighted by Gasteiger charge is -2.38. The first-order valence-electron chi connectivity index (χ1n) is 11.1. The zero-order valence-corrected chi connectivity index (χ0v) is 21.3. The van der Waals surface area contributed by atoms with Gasteiger partial charge in [-0.2, -0.15) is 0 Å². The Balaban J connectivity index is 2.23. The lowest BCUT2D eigenvalue weighted by molar-refractivity contribution is -0.176. The highest BCUT2D eigenvalue weighted by Crippen LogP contribution is 2.57. The number of carbonyl (C=O) groups excluding carboxylic acids is 2. The Morgan fingerprint density at radius 3 is 2.03 bits per heavy atom. The second-order valence-corrected chi connectivity index (χ2v) is 8.05. The van der Waals surface area contributed by atoms with E-state index in [-0.39, 0.29) is 12.2 Å². The maximum absolute atomic E-state index is 14.3. The van der Waals surface area contributed by atoms with Crippen molar-refractivity contribution in [3.63, 3.8) is 0 Å². The molecule has 4 rings (SSSR count). The Hall–Kier alpha value is -3.82. The highest BCUT2D eigenvalue weighted by Gasteiger charge is 2.52. The molecule has 9 heteroatoms. The second-order valence-electron chi connectivity index (χ2n) is 8.05. The van der Waals surface area contributed by atoms with Gasteiger partial charge in [0.2, 0.25) is 5.78 Å². The lowest BCUT2D eigenvalue weighted by atomic mass is 9.77. The van der Waals surface area contributed by atoms with Crippen molar-refractivity contribution in [3.8, 4) is 34.1 Å². The molecule has 3 aromatic carbocycles. The maximum atomic E-state index is 14.3. The molecule has 190 valence electrons. The molecule has 0 bridgehead atoms. The number of ether oxygens (including phenoxy) is 7. The fraction of sp³-hybridized carbons (Fsp3) is 0.333. The van der Waals surface area contributed by atoms with Gasteiger partial charge in [0.25, 0.3) is 5.79 Å². The SMILES string of the molecule is COc1cc(COC(C)=O)cc2c1-c1c(c(OC)c3c(OC)cccc3c1OC)C(=O)C2(OC)OC. The Morgan fingerprint density at radius 2 is 1.47 bits per heavy atom. The number of Topliss-reactive ketones (excluding diaryl/α,β-unsaturated/α-hetero) is 1. The van der Waals surface area contributed by atoms with Crippen LogP contribution in [0.5, 0.6) is 23.0 Å². The van der Waals surface area contributed by atoms with E-state index in [1.165, 1.54) is 42.5 Å². The molecule has 1 aliphatic rings. The van der Waals surface area contributed by atoms with Crippen LogP contribution < -0.4 is 18.9 Å². The summed E-state index contributed by atoms with van der Waals surface area (Å²) < 4.78 is 39.9. The molecule has 0 aromatic heterocycles. The second kappa shape index (κ2) is 9.67. The smallest absolute Gasteiger partial charge is 0.302 e. The third-order valence-corrected chi connectivity index (χ3v) is 6.36. The maximum Gasteiger partial charge on any atom is 0.302 e. The highest BCUT2D eigenvalue weighted by atomic mass is 16.7. The first kappa shape index (κ1) is 25.3. The van der Waals surface area contributed by atoms with Gasteiger partial charge in [0.05, 0.1) is 39.4 Å². The molecular formula is C27H28O9. The van der Waals surface area contributed by atoms with Crippen LogP contribution in [0.4, 0.5) is 0 Å². The van der Waals surface area contributed by atoms with Crippen LogP contribution >= 0.6 is 0 Å². The van der Waals surface area contributed by atoms with Gasteiger partial charge in [0, 0.05) is 43.2 Å². The summed E-state index contributed by atoms with van der Waals surface area (Å²) >= 11 is 0. The van der Waals surface area contributed by atoms with E-state index >= 15 is 0 Å². The molecule has 0 heterocycles. The van der Waals surface area contributed by atoms with Gasteiger partial charge in [-0.1, -0.05) is 12.1 Å². The summed E-state index contributed by atoms with van der Waals surface area (Å²) in [5.74, 6) is -1.14. The quantitative estimate of drug-likeness (QED) is 0.335. The summed E-state index contributed by atoms with van der Waals surface area (Å²) in [6.45, 7) is 1.29. The van der Waals surface area contributed by atoms with E-state index in [1.54, 1.807) is 25.3 Å². The van der Waals surface area contributed by atoms with Gasteiger partial charge in [-0.25, -0.2) is 0 Å². The minimum absolute atomic E-state index is 0.0289. The third-order valence-electron chi connectivity index (χ3n) is 6.36. The van der Waals surface area contributed by atoms with Gasteiger partial charge in [-0.15, -0.1) is 0 Å². The highest BCUT2D eigenvalue weighted by molar-refractivity contribution is 6.21. The third kappa shape index (κ3) is 3.54. The van der Waals surface area contributed by atoms with Gasteiger partial charge in [-0.3, -0.25) is 9.59 Å². The van der Waals surface area contributed by atoms with Crippen LogP contribution in [0.1, 0.15) is 28.4 Å². The number of carbonyl (C=O) groups is 2. The first-order chi connectivity index (χ1) is 17.3. The molecule has 9 nitrogen and oxygen atoms in total. The normalized spacial score (nSPS) is 13.6. The zero-order valence-electron chi connectivity index (χ0n) is 21.3. The topological polar surface area (TPSA) is 98.8 Å². The number of hydrogen-bond acceptors (Lipinski definition) is 9. The molecule has 3 aromatic rings. The van der Waals surface area contributed by atoms with E-state index in [9.17, 15) is 9.59 Å². The number of hydrogen-bond donors (Lipinski definition) is 0. The number of methoxy groups -OCH3 is 6. The summed E-state index contributed by atoms with van der Waals surface area (Å²) in [6, 6.07) is 8.91. The monoisotopic (exact) mass is 496 g/mol. The Bertz CT molecular complexity index is 1360. The van der Waals surface area contributed by atoms with Crippen LogP contribution in [0.2, 0.25) is 0 Å². The van der Waals surface area contributed by atoms with Gasteiger partial charge in [0.15, 0.2) is 0 Å². The molecule has 36 heavy (non-hydrogen) atoms. The van der Waals surface area contributed by atoms with Crippen LogP contribution in [0.15, 0.2) is 30.3 Å². The van der Waals surface area contributed by atoms with Crippen LogP contribution in [0.25, 0.3) is 21.9 Å². The van der Waals surface area contributed by atoms with Gasteiger partial charge < -0.3 is 33.2 Å². The molecule has 0 saturated carbocycles. The molecule has 0 amide bonds. The van der Waals surface area contributed by atoms with E-state index in [0.717, 1.165) is 0 Å². The van der Waals surface area contributed by atoms with Crippen LogP contribution in [0.3, 0.4) is 0 Å². The van der Waals surface area contributed by atoms with E-state index in [0.29, 0.717) is 56.0 Å². The van der Waals surface area contributed by atoms with Crippen molar-refractivity contribution >= 4 is 22.5 Å². The van der Waals surface area contributed by atoms with E-state index in [1.807, 2.05) is 12.1 Å². The average Bonchev–Trinajstić information content (AvgIpc) is 2.90. The first-order valence-corrected chi connectivity index (χ1v) is 11.1. The number of fused-ring (bicyclic) bond motifs is 4. The molecule has 0 saturated heterocycles. The predicted octanol–water partition coefficient (Wildman–Crippen LogP) is 4.25. The van der Waals surface area contributed by atoms with E-state index in [4.69, 9.17) is 33.2 Å². The Labute approximate surface area is 208 Å². The van der Waals surface area contributed by atoms with Crippen molar-refractivity contribution < 1.29 is 42.7 Å². The van der Waals surface area contributed by atoms with Crippen molar-refractivity contribution in [2.24, 2.45) is 0 Å². The number of esters is 1. The fourth-order valence-corrected chi connectivity index (χ4v) is 4.88.